The van der Waals surface area contributed by atoms with Crippen molar-refractivity contribution in [1.82, 2.24) is 5.32 Å². The van der Waals surface area contributed by atoms with Crippen molar-refractivity contribution in [1.29, 1.82) is 5.26 Å². The number of para-hydroxylation sites is 2. The van der Waals surface area contributed by atoms with Crippen molar-refractivity contribution < 1.29 is 4.79 Å². The molecule has 0 atom stereocenters. The number of amides is 2. The molecule has 5 nitrogen and oxygen atoms in total. The van der Waals surface area contributed by atoms with Gasteiger partial charge in [-0.2, -0.15) is 5.26 Å². The van der Waals surface area contributed by atoms with Crippen molar-refractivity contribution in [2.45, 2.75) is 6.42 Å². The van der Waals surface area contributed by atoms with Crippen molar-refractivity contribution in [2.24, 2.45) is 0 Å². The predicted octanol–water partition coefficient (Wildman–Crippen LogP) is 3.21. The molecule has 2 amide bonds. The summed E-state index contributed by atoms with van der Waals surface area (Å²) in [6, 6.07) is 18.8. The highest BCUT2D eigenvalue weighted by Crippen LogP contribution is 2.13. The lowest BCUT2D eigenvalue weighted by atomic mass is 10.2. The second-order valence-corrected chi connectivity index (χ2v) is 5.15. The summed E-state index contributed by atoms with van der Waals surface area (Å²) >= 11 is 0. The van der Waals surface area contributed by atoms with Crippen molar-refractivity contribution in [3.8, 4) is 6.07 Å². The highest BCUT2D eigenvalue weighted by atomic mass is 16.2. The first kappa shape index (κ1) is 16.4. The van der Waals surface area contributed by atoms with Crippen LogP contribution in [0, 0.1) is 11.3 Å². The van der Waals surface area contributed by atoms with E-state index in [0.29, 0.717) is 17.8 Å². The molecule has 118 valence electrons. The number of carbonyl (C=O) groups is 1. The van der Waals surface area contributed by atoms with Crippen molar-refractivity contribution in [3.63, 3.8) is 0 Å². The molecular formula is C18H20N4O. The van der Waals surface area contributed by atoms with E-state index < -0.39 is 0 Å². The summed E-state index contributed by atoms with van der Waals surface area (Å²) in [5, 5.41) is 14.5. The summed E-state index contributed by atoms with van der Waals surface area (Å²) in [6.07, 6.45) is 0.832. The Balaban J connectivity index is 1.72. The van der Waals surface area contributed by atoms with Gasteiger partial charge in [0, 0.05) is 25.8 Å². The van der Waals surface area contributed by atoms with Crippen LogP contribution in [0.25, 0.3) is 0 Å². The molecule has 0 radical (unpaired) electrons. The summed E-state index contributed by atoms with van der Waals surface area (Å²) in [7, 11) is 2.03. The maximum atomic E-state index is 11.9. The summed E-state index contributed by atoms with van der Waals surface area (Å²) in [4.78, 5) is 14.0. The molecule has 2 aromatic rings. The fourth-order valence-corrected chi connectivity index (χ4v) is 2.19. The zero-order valence-corrected chi connectivity index (χ0v) is 13.1. The minimum atomic E-state index is -0.296. The van der Waals surface area contributed by atoms with E-state index in [1.54, 1.807) is 24.3 Å². The summed E-state index contributed by atoms with van der Waals surface area (Å²) < 4.78 is 0. The monoisotopic (exact) mass is 308 g/mol. The molecular weight excluding hydrogens is 288 g/mol. The first-order valence-electron chi connectivity index (χ1n) is 7.51. The number of nitriles is 1. The number of benzene rings is 2. The molecule has 23 heavy (non-hydrogen) atoms. The van der Waals surface area contributed by atoms with E-state index in [0.717, 1.165) is 18.7 Å². The lowest BCUT2D eigenvalue weighted by molar-refractivity contribution is 0.252. The van der Waals surface area contributed by atoms with Gasteiger partial charge in [-0.1, -0.05) is 30.3 Å². The van der Waals surface area contributed by atoms with Gasteiger partial charge >= 0.3 is 6.03 Å². The van der Waals surface area contributed by atoms with E-state index in [9.17, 15) is 4.79 Å². The topological polar surface area (TPSA) is 68.2 Å². The summed E-state index contributed by atoms with van der Waals surface area (Å²) in [5.41, 5.74) is 2.13. The molecule has 0 bridgehead atoms. The van der Waals surface area contributed by atoms with Gasteiger partial charge in [-0.3, -0.25) is 0 Å². The number of hydrogen-bond donors (Lipinski definition) is 2. The van der Waals surface area contributed by atoms with Crippen LogP contribution in [-0.2, 0) is 0 Å². The number of anilines is 2. The molecule has 0 aromatic heterocycles. The maximum absolute atomic E-state index is 11.9. The third kappa shape index (κ3) is 5.04. The zero-order valence-electron chi connectivity index (χ0n) is 13.1. The van der Waals surface area contributed by atoms with E-state index >= 15 is 0 Å². The van der Waals surface area contributed by atoms with Crippen LogP contribution in [0.3, 0.4) is 0 Å². The van der Waals surface area contributed by atoms with Crippen LogP contribution in [0.2, 0.25) is 0 Å². The third-order valence-electron chi connectivity index (χ3n) is 3.45. The number of rotatable bonds is 6. The predicted molar refractivity (Wildman–Crippen MR) is 92.5 cm³/mol. The molecule has 0 spiro atoms. The third-order valence-corrected chi connectivity index (χ3v) is 3.45. The van der Waals surface area contributed by atoms with Gasteiger partial charge in [0.2, 0.25) is 0 Å². The first-order valence-corrected chi connectivity index (χ1v) is 7.51. The largest absolute Gasteiger partial charge is 0.375 e. The van der Waals surface area contributed by atoms with Crippen molar-refractivity contribution >= 4 is 17.4 Å². The Labute approximate surface area is 136 Å². The van der Waals surface area contributed by atoms with Crippen LogP contribution in [0.5, 0.6) is 0 Å². The van der Waals surface area contributed by atoms with Gasteiger partial charge < -0.3 is 15.5 Å². The Kier molecular flexibility index (Phi) is 6.01. The maximum Gasteiger partial charge on any atom is 0.319 e. The average Bonchev–Trinajstić information content (AvgIpc) is 2.59. The molecule has 0 saturated heterocycles. The molecule has 0 aliphatic heterocycles. The van der Waals surface area contributed by atoms with Crippen molar-refractivity contribution in [2.75, 3.05) is 30.4 Å². The quantitative estimate of drug-likeness (QED) is 0.805. The van der Waals surface area contributed by atoms with Crippen LogP contribution < -0.4 is 15.5 Å². The average molecular weight is 308 g/mol. The van der Waals surface area contributed by atoms with E-state index in [-0.39, 0.29) is 6.03 Å². The van der Waals surface area contributed by atoms with Gasteiger partial charge in [0.05, 0.1) is 11.3 Å². The zero-order chi connectivity index (χ0) is 16.5. The molecule has 2 aromatic carbocycles. The highest BCUT2D eigenvalue weighted by Gasteiger charge is 2.05. The van der Waals surface area contributed by atoms with Crippen molar-refractivity contribution in [3.05, 3.63) is 60.2 Å². The van der Waals surface area contributed by atoms with Crippen LogP contribution in [0.15, 0.2) is 54.6 Å². The van der Waals surface area contributed by atoms with Crippen LogP contribution in [0.1, 0.15) is 12.0 Å². The smallest absolute Gasteiger partial charge is 0.319 e. The molecule has 0 aliphatic carbocycles. The SMILES string of the molecule is CN(CCCNC(=O)Nc1ccccc1C#N)c1ccccc1. The summed E-state index contributed by atoms with van der Waals surface area (Å²) in [6.45, 7) is 1.41. The number of nitrogens with one attached hydrogen (secondary N) is 2. The minimum absolute atomic E-state index is 0.296. The fourth-order valence-electron chi connectivity index (χ4n) is 2.19. The fraction of sp³-hybridized carbons (Fsp3) is 0.222. The van der Waals surface area contributed by atoms with Crippen LogP contribution >= 0.6 is 0 Å². The summed E-state index contributed by atoms with van der Waals surface area (Å²) in [5.74, 6) is 0. The van der Waals surface area contributed by atoms with Gasteiger partial charge in [0.25, 0.3) is 0 Å². The van der Waals surface area contributed by atoms with E-state index in [2.05, 4.69) is 33.7 Å². The van der Waals surface area contributed by atoms with Gasteiger partial charge in [-0.15, -0.1) is 0 Å². The Morgan fingerprint density at radius 1 is 1.13 bits per heavy atom. The Morgan fingerprint density at radius 2 is 1.83 bits per heavy atom. The van der Waals surface area contributed by atoms with Gasteiger partial charge in [0.15, 0.2) is 0 Å². The molecule has 0 fully saturated rings. The molecule has 0 aliphatic rings. The number of carbonyl (C=O) groups excluding carboxylic acids is 1. The molecule has 0 unspecified atom stereocenters. The van der Waals surface area contributed by atoms with Gasteiger partial charge in [0.1, 0.15) is 6.07 Å². The normalized spacial score (nSPS) is 9.74. The lowest BCUT2D eigenvalue weighted by Gasteiger charge is -2.19. The lowest BCUT2D eigenvalue weighted by Crippen LogP contribution is -2.31. The second kappa shape index (κ2) is 8.44. The Morgan fingerprint density at radius 3 is 2.57 bits per heavy atom. The molecule has 5 heteroatoms. The molecule has 2 N–H and O–H groups in total. The molecule has 0 heterocycles. The molecule has 2 rings (SSSR count). The van der Waals surface area contributed by atoms with Crippen LogP contribution in [0.4, 0.5) is 16.2 Å². The van der Waals surface area contributed by atoms with E-state index in [1.165, 1.54) is 0 Å². The number of urea groups is 1. The van der Waals surface area contributed by atoms with E-state index in [4.69, 9.17) is 5.26 Å². The van der Waals surface area contributed by atoms with Gasteiger partial charge in [-0.25, -0.2) is 4.79 Å². The van der Waals surface area contributed by atoms with Crippen LogP contribution in [-0.4, -0.2) is 26.2 Å². The minimum Gasteiger partial charge on any atom is -0.375 e. The van der Waals surface area contributed by atoms with Gasteiger partial charge in [-0.05, 0) is 30.7 Å². The number of nitrogens with zero attached hydrogens (tertiary/aromatic N) is 2. The Hall–Kier alpha value is -3.00. The highest BCUT2D eigenvalue weighted by molar-refractivity contribution is 5.90. The first-order chi connectivity index (χ1) is 11.2. The Bertz CT molecular complexity index is 679. The number of hydrogen-bond acceptors (Lipinski definition) is 3. The second-order valence-electron chi connectivity index (χ2n) is 5.15. The molecule has 0 saturated carbocycles. The standard InChI is InChI=1S/C18H20N4O/c1-22(16-9-3-2-4-10-16)13-7-12-20-18(23)21-17-11-6-5-8-15(17)14-19/h2-6,8-11H,7,12-13H2,1H3,(H2,20,21,23). The van der Waals surface area contributed by atoms with E-state index in [1.807, 2.05) is 25.2 Å².